The van der Waals surface area contributed by atoms with E-state index < -0.39 is 6.04 Å². The molecule has 0 saturated heterocycles. The molecule has 0 fully saturated rings. The highest BCUT2D eigenvalue weighted by molar-refractivity contribution is 6.00. The average Bonchev–Trinajstić information content (AvgIpc) is 2.71. The number of carbonyl (C=O) groups excluding carboxylic acids is 2. The zero-order valence-electron chi connectivity index (χ0n) is 15.6. The topological polar surface area (TPSA) is 62.3 Å². The number of amides is 2. The number of rotatable bonds is 6. The van der Waals surface area contributed by atoms with Gasteiger partial charge < -0.3 is 10.2 Å². The Bertz CT molecular complexity index is 940. The molecule has 0 aliphatic rings. The van der Waals surface area contributed by atoms with Gasteiger partial charge in [0.05, 0.1) is 5.52 Å². The molecule has 1 heterocycles. The SMILES string of the molecule is CCCN(C)C(=O)C(NC(=O)c1ccc2ncccc2c1)c1ccccc1. The predicted molar refractivity (Wildman–Crippen MR) is 106 cm³/mol. The molecule has 0 saturated carbocycles. The number of hydrogen-bond donors (Lipinski definition) is 1. The maximum absolute atomic E-state index is 12.9. The van der Waals surface area contributed by atoms with Crippen molar-refractivity contribution in [1.29, 1.82) is 0 Å². The zero-order valence-corrected chi connectivity index (χ0v) is 15.6. The summed E-state index contributed by atoms with van der Waals surface area (Å²) in [7, 11) is 1.76. The third-order valence-electron chi connectivity index (χ3n) is 4.46. The van der Waals surface area contributed by atoms with Gasteiger partial charge in [-0.3, -0.25) is 14.6 Å². The van der Waals surface area contributed by atoms with Gasteiger partial charge in [-0.25, -0.2) is 0 Å². The molecule has 0 radical (unpaired) electrons. The van der Waals surface area contributed by atoms with E-state index in [1.54, 1.807) is 30.3 Å². The smallest absolute Gasteiger partial charge is 0.252 e. The van der Waals surface area contributed by atoms with E-state index in [9.17, 15) is 9.59 Å². The van der Waals surface area contributed by atoms with Crippen molar-refractivity contribution in [3.05, 3.63) is 78.0 Å². The third-order valence-corrected chi connectivity index (χ3v) is 4.46. The standard InChI is InChI=1S/C22H23N3O2/c1-3-14-25(2)22(27)20(16-8-5-4-6-9-16)24-21(26)18-11-12-19-17(15-18)10-7-13-23-19/h4-13,15,20H,3,14H2,1-2H3,(H,24,26). The van der Waals surface area contributed by atoms with Crippen LogP contribution in [-0.4, -0.2) is 35.3 Å². The highest BCUT2D eigenvalue weighted by Crippen LogP contribution is 2.18. The lowest BCUT2D eigenvalue weighted by Gasteiger charge is -2.24. The van der Waals surface area contributed by atoms with Crippen LogP contribution in [-0.2, 0) is 4.79 Å². The van der Waals surface area contributed by atoms with E-state index in [0.717, 1.165) is 22.9 Å². The first-order chi connectivity index (χ1) is 13.1. The van der Waals surface area contributed by atoms with Gasteiger partial charge in [0, 0.05) is 30.7 Å². The third kappa shape index (κ3) is 4.31. The van der Waals surface area contributed by atoms with Crippen molar-refractivity contribution in [2.24, 2.45) is 0 Å². The van der Waals surface area contributed by atoms with E-state index in [1.165, 1.54) is 0 Å². The summed E-state index contributed by atoms with van der Waals surface area (Å²) < 4.78 is 0. The van der Waals surface area contributed by atoms with E-state index in [1.807, 2.05) is 55.5 Å². The molecule has 1 aromatic heterocycles. The van der Waals surface area contributed by atoms with Gasteiger partial charge in [-0.2, -0.15) is 0 Å². The average molecular weight is 361 g/mol. The number of hydrogen-bond acceptors (Lipinski definition) is 3. The minimum absolute atomic E-state index is 0.126. The van der Waals surface area contributed by atoms with Gasteiger partial charge in [-0.15, -0.1) is 0 Å². The first-order valence-corrected chi connectivity index (χ1v) is 9.05. The summed E-state index contributed by atoms with van der Waals surface area (Å²) in [4.78, 5) is 31.7. The first kappa shape index (κ1) is 18.6. The Morgan fingerprint density at radius 2 is 1.85 bits per heavy atom. The van der Waals surface area contributed by atoms with Crippen LogP contribution in [0.25, 0.3) is 10.9 Å². The van der Waals surface area contributed by atoms with Crippen LogP contribution >= 0.6 is 0 Å². The van der Waals surface area contributed by atoms with Gasteiger partial charge in [0.15, 0.2) is 0 Å². The maximum Gasteiger partial charge on any atom is 0.252 e. The molecule has 0 spiro atoms. The largest absolute Gasteiger partial charge is 0.344 e. The zero-order chi connectivity index (χ0) is 19.2. The number of benzene rings is 2. The first-order valence-electron chi connectivity index (χ1n) is 9.05. The summed E-state index contributed by atoms with van der Waals surface area (Å²) in [5.74, 6) is -0.410. The minimum Gasteiger partial charge on any atom is -0.344 e. The number of carbonyl (C=O) groups is 2. The highest BCUT2D eigenvalue weighted by Gasteiger charge is 2.25. The lowest BCUT2D eigenvalue weighted by Crippen LogP contribution is -2.41. The predicted octanol–water partition coefficient (Wildman–Crippen LogP) is 3.57. The fourth-order valence-electron chi connectivity index (χ4n) is 3.03. The molecule has 1 atom stereocenters. The number of aromatic nitrogens is 1. The van der Waals surface area contributed by atoms with Crippen molar-refractivity contribution in [3.8, 4) is 0 Å². The maximum atomic E-state index is 12.9. The minimum atomic E-state index is -0.722. The summed E-state index contributed by atoms with van der Waals surface area (Å²) in [5.41, 5.74) is 2.09. The summed E-state index contributed by atoms with van der Waals surface area (Å²) >= 11 is 0. The van der Waals surface area contributed by atoms with Crippen LogP contribution in [0.2, 0.25) is 0 Å². The lowest BCUT2D eigenvalue weighted by atomic mass is 10.0. The molecule has 2 amide bonds. The van der Waals surface area contributed by atoms with Crippen molar-refractivity contribution in [1.82, 2.24) is 15.2 Å². The Balaban J connectivity index is 1.88. The van der Waals surface area contributed by atoms with Crippen LogP contribution in [0.4, 0.5) is 0 Å². The Hall–Kier alpha value is -3.21. The quantitative estimate of drug-likeness (QED) is 0.730. The normalized spacial score (nSPS) is 11.8. The van der Waals surface area contributed by atoms with Gasteiger partial charge in [-0.1, -0.05) is 43.3 Å². The molecule has 1 N–H and O–H groups in total. The second-order valence-electron chi connectivity index (χ2n) is 6.49. The molecule has 0 bridgehead atoms. The van der Waals surface area contributed by atoms with Crippen LogP contribution in [0, 0.1) is 0 Å². The molecule has 1 unspecified atom stereocenters. The Morgan fingerprint density at radius 3 is 2.59 bits per heavy atom. The number of likely N-dealkylation sites (N-methyl/N-ethyl adjacent to an activating group) is 1. The summed E-state index contributed by atoms with van der Waals surface area (Å²) in [6, 6.07) is 17.7. The number of nitrogens with one attached hydrogen (secondary N) is 1. The van der Waals surface area contributed by atoms with Crippen molar-refractivity contribution in [2.75, 3.05) is 13.6 Å². The molecule has 0 aliphatic heterocycles. The van der Waals surface area contributed by atoms with Crippen molar-refractivity contribution < 1.29 is 9.59 Å². The molecule has 5 heteroatoms. The molecule has 3 rings (SSSR count). The monoisotopic (exact) mass is 361 g/mol. The van der Waals surface area contributed by atoms with E-state index in [-0.39, 0.29) is 11.8 Å². The van der Waals surface area contributed by atoms with Gasteiger partial charge in [0.2, 0.25) is 5.91 Å². The molecular weight excluding hydrogens is 338 g/mol. The van der Waals surface area contributed by atoms with Crippen molar-refractivity contribution >= 4 is 22.7 Å². The summed E-state index contributed by atoms with van der Waals surface area (Å²) in [5, 5.41) is 3.79. The molecule has 5 nitrogen and oxygen atoms in total. The highest BCUT2D eigenvalue weighted by atomic mass is 16.2. The van der Waals surface area contributed by atoms with E-state index >= 15 is 0 Å². The second-order valence-corrected chi connectivity index (χ2v) is 6.49. The molecule has 138 valence electrons. The van der Waals surface area contributed by atoms with Crippen LogP contribution in [0.3, 0.4) is 0 Å². The van der Waals surface area contributed by atoms with Crippen LogP contribution in [0.1, 0.15) is 35.3 Å². The van der Waals surface area contributed by atoms with Crippen LogP contribution in [0.5, 0.6) is 0 Å². The molecule has 2 aromatic carbocycles. The summed E-state index contributed by atoms with van der Waals surface area (Å²) in [6.45, 7) is 2.66. The Kier molecular flexibility index (Phi) is 5.81. The van der Waals surface area contributed by atoms with Gasteiger partial charge in [-0.05, 0) is 36.2 Å². The van der Waals surface area contributed by atoms with Gasteiger partial charge in [0.25, 0.3) is 5.91 Å². The fourth-order valence-corrected chi connectivity index (χ4v) is 3.03. The number of pyridine rings is 1. The molecule has 3 aromatic rings. The molecule has 27 heavy (non-hydrogen) atoms. The van der Waals surface area contributed by atoms with Crippen LogP contribution < -0.4 is 5.32 Å². The fraction of sp³-hybridized carbons (Fsp3) is 0.227. The van der Waals surface area contributed by atoms with Crippen molar-refractivity contribution in [3.63, 3.8) is 0 Å². The van der Waals surface area contributed by atoms with E-state index in [0.29, 0.717) is 12.1 Å². The van der Waals surface area contributed by atoms with Gasteiger partial charge in [0.1, 0.15) is 6.04 Å². The summed E-state index contributed by atoms with van der Waals surface area (Å²) in [6.07, 6.45) is 2.57. The molecule has 0 aliphatic carbocycles. The lowest BCUT2D eigenvalue weighted by molar-refractivity contribution is -0.132. The molecular formula is C22H23N3O2. The van der Waals surface area contributed by atoms with E-state index in [2.05, 4.69) is 10.3 Å². The van der Waals surface area contributed by atoms with E-state index in [4.69, 9.17) is 0 Å². The Morgan fingerprint density at radius 1 is 1.07 bits per heavy atom. The Labute approximate surface area is 159 Å². The van der Waals surface area contributed by atoms with Crippen LogP contribution in [0.15, 0.2) is 66.9 Å². The number of fused-ring (bicyclic) bond motifs is 1. The second kappa shape index (κ2) is 8.45. The van der Waals surface area contributed by atoms with Gasteiger partial charge >= 0.3 is 0 Å². The van der Waals surface area contributed by atoms with Crippen molar-refractivity contribution in [2.45, 2.75) is 19.4 Å². The number of nitrogens with zero attached hydrogens (tertiary/aromatic N) is 2.